The van der Waals surface area contributed by atoms with E-state index in [0.29, 0.717) is 0 Å². The first kappa shape index (κ1) is 14.6. The second kappa shape index (κ2) is 7.13. The quantitative estimate of drug-likeness (QED) is 0.572. The third-order valence-corrected chi connectivity index (χ3v) is 4.44. The number of rotatable bonds is 6. The summed E-state index contributed by atoms with van der Waals surface area (Å²) in [7, 11) is 0. The van der Waals surface area contributed by atoms with Crippen LogP contribution in [0.2, 0.25) is 0 Å². The van der Waals surface area contributed by atoms with Crippen LogP contribution in [0, 0.1) is 0 Å². The van der Waals surface area contributed by atoms with Gasteiger partial charge in [0.05, 0.1) is 0 Å². The molecule has 2 rings (SSSR count). The Kier molecular flexibility index (Phi) is 5.22. The van der Waals surface area contributed by atoms with E-state index in [-0.39, 0.29) is 0 Å². The molecule has 102 valence electrons. The largest absolute Gasteiger partial charge is 0.606 e. The lowest BCUT2D eigenvalue weighted by atomic mass is 10.1. The molecule has 0 aliphatic rings. The molecule has 20 heavy (non-hydrogen) atoms. The lowest BCUT2D eigenvalue weighted by molar-refractivity contribution is 0.595. The number of allylic oxidation sites excluding steroid dienone is 2. The normalized spacial score (nSPS) is 10.5. The molecule has 2 aromatic rings. The van der Waals surface area contributed by atoms with Crippen LogP contribution in [0.1, 0.15) is 11.1 Å². The SMILES string of the molecule is C=CCc1ccc([S+]([O-])c2ccc(CC=C)cc2)cc1. The third-order valence-electron chi connectivity index (χ3n) is 3.03. The molecule has 0 radical (unpaired) electrons. The molecular weight excluding hydrogens is 264 g/mol. The molecule has 0 atom stereocenters. The van der Waals surface area contributed by atoms with Gasteiger partial charge in [-0.1, -0.05) is 36.4 Å². The first-order chi connectivity index (χ1) is 9.74. The molecule has 2 aromatic carbocycles. The highest BCUT2D eigenvalue weighted by molar-refractivity contribution is 7.91. The highest BCUT2D eigenvalue weighted by atomic mass is 32.2. The van der Waals surface area contributed by atoms with Gasteiger partial charge in [0, 0.05) is 11.2 Å². The lowest BCUT2D eigenvalue weighted by Gasteiger charge is -2.10. The molecule has 2 heteroatoms. The van der Waals surface area contributed by atoms with Crippen LogP contribution in [0.15, 0.2) is 83.6 Å². The van der Waals surface area contributed by atoms with Gasteiger partial charge in [-0.25, -0.2) is 0 Å². The van der Waals surface area contributed by atoms with Crippen LogP contribution < -0.4 is 0 Å². The van der Waals surface area contributed by atoms with Crippen LogP contribution in [0.4, 0.5) is 0 Å². The zero-order valence-corrected chi connectivity index (χ0v) is 12.2. The third kappa shape index (κ3) is 3.62. The van der Waals surface area contributed by atoms with Gasteiger partial charge in [0.15, 0.2) is 9.79 Å². The van der Waals surface area contributed by atoms with Crippen LogP contribution in [-0.2, 0) is 24.0 Å². The van der Waals surface area contributed by atoms with Gasteiger partial charge < -0.3 is 4.55 Å². The zero-order chi connectivity index (χ0) is 14.4. The molecule has 0 heterocycles. The van der Waals surface area contributed by atoms with E-state index in [1.165, 1.54) is 11.1 Å². The summed E-state index contributed by atoms with van der Waals surface area (Å²) in [6, 6.07) is 15.7. The fraction of sp³-hybridized carbons (Fsp3) is 0.111. The summed E-state index contributed by atoms with van der Waals surface area (Å²) in [5.74, 6) is 0. The van der Waals surface area contributed by atoms with Crippen molar-refractivity contribution in [2.24, 2.45) is 0 Å². The average Bonchev–Trinajstić information content (AvgIpc) is 2.49. The van der Waals surface area contributed by atoms with Gasteiger partial charge in [-0.15, -0.1) is 13.2 Å². The monoisotopic (exact) mass is 282 g/mol. The highest BCUT2D eigenvalue weighted by Gasteiger charge is 2.14. The molecule has 1 nitrogen and oxygen atoms in total. The van der Waals surface area contributed by atoms with Gasteiger partial charge >= 0.3 is 0 Å². The molecule has 0 fully saturated rings. The molecule has 0 saturated carbocycles. The fourth-order valence-corrected chi connectivity index (χ4v) is 3.01. The van der Waals surface area contributed by atoms with Gasteiger partial charge in [-0.2, -0.15) is 0 Å². The summed E-state index contributed by atoms with van der Waals surface area (Å²) in [6.07, 6.45) is 5.40. The smallest absolute Gasteiger partial charge is 0.158 e. The van der Waals surface area contributed by atoms with Crippen LogP contribution >= 0.6 is 0 Å². The van der Waals surface area contributed by atoms with E-state index >= 15 is 0 Å². The summed E-state index contributed by atoms with van der Waals surface area (Å²) < 4.78 is 12.5. The highest BCUT2D eigenvalue weighted by Crippen LogP contribution is 2.21. The van der Waals surface area contributed by atoms with Gasteiger partial charge in [0.25, 0.3) is 0 Å². The molecule has 0 aliphatic carbocycles. The van der Waals surface area contributed by atoms with Crippen molar-refractivity contribution in [1.29, 1.82) is 0 Å². The maximum atomic E-state index is 12.5. The zero-order valence-electron chi connectivity index (χ0n) is 11.4. The van der Waals surface area contributed by atoms with Gasteiger partial charge in [-0.3, -0.25) is 0 Å². The molecule has 0 saturated heterocycles. The Morgan fingerprint density at radius 3 is 1.40 bits per heavy atom. The lowest BCUT2D eigenvalue weighted by Crippen LogP contribution is -2.02. The molecule has 0 unspecified atom stereocenters. The van der Waals surface area contributed by atoms with E-state index in [1.54, 1.807) is 0 Å². The average molecular weight is 282 g/mol. The molecule has 0 N–H and O–H groups in total. The predicted octanol–water partition coefficient (Wildman–Crippen LogP) is 4.31. The van der Waals surface area contributed by atoms with Crippen molar-refractivity contribution in [2.45, 2.75) is 22.6 Å². The summed E-state index contributed by atoms with van der Waals surface area (Å²) in [5.41, 5.74) is 2.36. The summed E-state index contributed by atoms with van der Waals surface area (Å²) in [4.78, 5) is 1.66. The number of benzene rings is 2. The summed E-state index contributed by atoms with van der Waals surface area (Å²) in [6.45, 7) is 7.43. The van der Waals surface area contributed by atoms with E-state index in [4.69, 9.17) is 0 Å². The Balaban J connectivity index is 2.15. The van der Waals surface area contributed by atoms with Crippen molar-refractivity contribution in [3.05, 3.63) is 85.0 Å². The molecule has 0 aromatic heterocycles. The maximum absolute atomic E-state index is 12.5. The summed E-state index contributed by atoms with van der Waals surface area (Å²) in [5, 5.41) is 0. The molecule has 0 amide bonds. The van der Waals surface area contributed by atoms with Gasteiger partial charge in [0.2, 0.25) is 0 Å². The Hall–Kier alpha value is -1.77. The van der Waals surface area contributed by atoms with E-state index in [2.05, 4.69) is 13.2 Å². The fourth-order valence-electron chi connectivity index (χ4n) is 1.97. The molecule has 0 bridgehead atoms. The minimum atomic E-state index is -1.12. The van der Waals surface area contributed by atoms with Crippen molar-refractivity contribution < 1.29 is 4.55 Å². The summed E-state index contributed by atoms with van der Waals surface area (Å²) >= 11 is -1.12. The maximum Gasteiger partial charge on any atom is 0.158 e. The van der Waals surface area contributed by atoms with Crippen molar-refractivity contribution in [3.63, 3.8) is 0 Å². The van der Waals surface area contributed by atoms with E-state index in [0.717, 1.165) is 22.6 Å². The van der Waals surface area contributed by atoms with Gasteiger partial charge in [0.1, 0.15) is 0 Å². The van der Waals surface area contributed by atoms with Crippen molar-refractivity contribution in [3.8, 4) is 0 Å². The number of hydrogen-bond donors (Lipinski definition) is 0. The predicted molar refractivity (Wildman–Crippen MR) is 85.4 cm³/mol. The van der Waals surface area contributed by atoms with Crippen molar-refractivity contribution in [1.82, 2.24) is 0 Å². The van der Waals surface area contributed by atoms with E-state index in [1.807, 2.05) is 60.7 Å². The Morgan fingerprint density at radius 2 is 1.10 bits per heavy atom. The molecule has 0 spiro atoms. The minimum absolute atomic E-state index is 0.828. The first-order valence-electron chi connectivity index (χ1n) is 6.56. The first-order valence-corrected chi connectivity index (χ1v) is 7.71. The van der Waals surface area contributed by atoms with Crippen LogP contribution in [-0.4, -0.2) is 4.55 Å². The topological polar surface area (TPSA) is 23.1 Å². The number of hydrogen-bond acceptors (Lipinski definition) is 1. The molecule has 0 aliphatic heterocycles. The van der Waals surface area contributed by atoms with Gasteiger partial charge in [-0.05, 0) is 48.2 Å². The van der Waals surface area contributed by atoms with Crippen LogP contribution in [0.3, 0.4) is 0 Å². The van der Waals surface area contributed by atoms with Crippen molar-refractivity contribution >= 4 is 11.2 Å². The minimum Gasteiger partial charge on any atom is -0.606 e. The Bertz CT molecular complexity index is 516. The standard InChI is InChI=1S/C18H18OS/c1-3-5-15-7-11-17(12-8-15)20(19)18-13-9-16(6-4-2)10-14-18/h3-4,7-14H,1-2,5-6H2. The van der Waals surface area contributed by atoms with Crippen LogP contribution in [0.5, 0.6) is 0 Å². The van der Waals surface area contributed by atoms with Crippen molar-refractivity contribution in [2.75, 3.05) is 0 Å². The second-order valence-corrected chi connectivity index (χ2v) is 6.02. The molecular formula is C18H18OS. The van der Waals surface area contributed by atoms with E-state index in [9.17, 15) is 4.55 Å². The van der Waals surface area contributed by atoms with Crippen LogP contribution in [0.25, 0.3) is 0 Å². The Morgan fingerprint density at radius 1 is 0.750 bits per heavy atom. The second-order valence-electron chi connectivity index (χ2n) is 4.54. The Labute approximate surface area is 123 Å². The van der Waals surface area contributed by atoms with E-state index < -0.39 is 11.2 Å².